The summed E-state index contributed by atoms with van der Waals surface area (Å²) < 4.78 is 0. The SMILES string of the molecule is Cc1cccc(Cl)c1NC(=O)C(C)N1C(C)CCC1C. The van der Waals surface area contributed by atoms with Crippen LogP contribution in [0.25, 0.3) is 0 Å². The molecule has 1 saturated heterocycles. The van der Waals surface area contributed by atoms with Gasteiger partial charge in [-0.25, -0.2) is 0 Å². The molecule has 3 unspecified atom stereocenters. The Kier molecular flexibility index (Phi) is 4.71. The molecule has 110 valence electrons. The largest absolute Gasteiger partial charge is 0.323 e. The molecule has 3 atom stereocenters. The summed E-state index contributed by atoms with van der Waals surface area (Å²) in [6, 6.07) is 6.42. The Bertz CT molecular complexity index is 473. The molecule has 0 spiro atoms. The van der Waals surface area contributed by atoms with E-state index in [1.54, 1.807) is 6.07 Å². The highest BCUT2D eigenvalue weighted by Crippen LogP contribution is 2.28. The van der Waals surface area contributed by atoms with Crippen molar-refractivity contribution in [2.45, 2.75) is 58.7 Å². The van der Waals surface area contributed by atoms with Crippen LogP contribution in [0, 0.1) is 6.92 Å². The van der Waals surface area contributed by atoms with Crippen LogP contribution in [0.5, 0.6) is 0 Å². The average Bonchev–Trinajstić information content (AvgIpc) is 2.72. The normalized spacial score (nSPS) is 24.6. The van der Waals surface area contributed by atoms with Gasteiger partial charge in [0.2, 0.25) is 5.91 Å². The van der Waals surface area contributed by atoms with E-state index in [4.69, 9.17) is 11.6 Å². The van der Waals surface area contributed by atoms with Crippen LogP contribution in [0.3, 0.4) is 0 Å². The van der Waals surface area contributed by atoms with Crippen LogP contribution < -0.4 is 5.32 Å². The number of hydrogen-bond donors (Lipinski definition) is 1. The summed E-state index contributed by atoms with van der Waals surface area (Å²) in [6.07, 6.45) is 2.31. The molecule has 1 aliphatic heterocycles. The Balaban J connectivity index is 2.12. The van der Waals surface area contributed by atoms with Crippen molar-refractivity contribution in [1.82, 2.24) is 4.90 Å². The summed E-state index contributed by atoms with van der Waals surface area (Å²) in [5.41, 5.74) is 1.71. The Morgan fingerprint density at radius 3 is 2.50 bits per heavy atom. The Morgan fingerprint density at radius 2 is 1.95 bits per heavy atom. The first-order valence-electron chi connectivity index (χ1n) is 7.25. The van der Waals surface area contributed by atoms with Crippen molar-refractivity contribution in [1.29, 1.82) is 0 Å². The third-order valence-electron chi connectivity index (χ3n) is 4.32. The summed E-state index contributed by atoms with van der Waals surface area (Å²) in [7, 11) is 0. The second-order valence-electron chi connectivity index (χ2n) is 5.82. The number of nitrogens with one attached hydrogen (secondary N) is 1. The lowest BCUT2D eigenvalue weighted by Crippen LogP contribution is -2.47. The number of anilines is 1. The van der Waals surface area contributed by atoms with Crippen molar-refractivity contribution in [3.8, 4) is 0 Å². The minimum Gasteiger partial charge on any atom is -0.323 e. The zero-order chi connectivity index (χ0) is 14.9. The molecule has 1 heterocycles. The smallest absolute Gasteiger partial charge is 0.241 e. The van der Waals surface area contributed by atoms with Gasteiger partial charge in [0.05, 0.1) is 16.8 Å². The lowest BCUT2D eigenvalue weighted by Gasteiger charge is -2.31. The van der Waals surface area contributed by atoms with E-state index >= 15 is 0 Å². The molecule has 0 saturated carbocycles. The molecular weight excluding hydrogens is 272 g/mol. The molecule has 1 N–H and O–H groups in total. The molecule has 3 nitrogen and oxygen atoms in total. The van der Waals surface area contributed by atoms with E-state index < -0.39 is 0 Å². The predicted molar refractivity (Wildman–Crippen MR) is 84.3 cm³/mol. The first kappa shape index (κ1) is 15.3. The van der Waals surface area contributed by atoms with E-state index in [0.717, 1.165) is 24.1 Å². The van der Waals surface area contributed by atoms with E-state index in [2.05, 4.69) is 24.1 Å². The fraction of sp³-hybridized carbons (Fsp3) is 0.562. The van der Waals surface area contributed by atoms with E-state index in [1.807, 2.05) is 26.0 Å². The number of rotatable bonds is 3. The molecule has 0 aromatic heterocycles. The lowest BCUT2D eigenvalue weighted by atomic mass is 10.1. The fourth-order valence-electron chi connectivity index (χ4n) is 3.13. The number of amides is 1. The summed E-state index contributed by atoms with van der Waals surface area (Å²) in [4.78, 5) is 14.8. The van der Waals surface area contributed by atoms with Crippen molar-refractivity contribution in [3.05, 3.63) is 28.8 Å². The molecule has 0 bridgehead atoms. The molecule has 1 amide bonds. The number of nitrogens with zero attached hydrogens (tertiary/aromatic N) is 1. The standard InChI is InChI=1S/C16H23ClN2O/c1-10-6-5-7-14(17)15(10)18-16(20)13(4)19-11(2)8-9-12(19)3/h5-7,11-13H,8-9H2,1-4H3,(H,18,20). The third kappa shape index (κ3) is 2.99. The van der Waals surface area contributed by atoms with Gasteiger partial charge in [-0.15, -0.1) is 0 Å². The van der Waals surface area contributed by atoms with Gasteiger partial charge in [-0.3, -0.25) is 9.69 Å². The number of hydrogen-bond acceptors (Lipinski definition) is 2. The van der Waals surface area contributed by atoms with Crippen molar-refractivity contribution in [2.75, 3.05) is 5.32 Å². The minimum atomic E-state index is -0.141. The predicted octanol–water partition coefficient (Wildman–Crippen LogP) is 3.85. The van der Waals surface area contributed by atoms with Gasteiger partial charge in [-0.05, 0) is 52.2 Å². The highest BCUT2D eigenvalue weighted by Gasteiger charge is 2.34. The summed E-state index contributed by atoms with van der Waals surface area (Å²) in [5.74, 6) is 0.0156. The van der Waals surface area contributed by atoms with Gasteiger partial charge in [0.15, 0.2) is 0 Å². The molecule has 1 fully saturated rings. The maximum absolute atomic E-state index is 12.5. The van der Waals surface area contributed by atoms with Crippen molar-refractivity contribution in [2.24, 2.45) is 0 Å². The molecule has 0 radical (unpaired) electrons. The zero-order valence-corrected chi connectivity index (χ0v) is 13.4. The number of carbonyl (C=O) groups excluding carboxylic acids is 1. The van der Waals surface area contributed by atoms with Crippen molar-refractivity contribution >= 4 is 23.2 Å². The van der Waals surface area contributed by atoms with Crippen LogP contribution in [0.4, 0.5) is 5.69 Å². The molecule has 1 aromatic rings. The Hall–Kier alpha value is -1.06. The second kappa shape index (κ2) is 6.15. The zero-order valence-electron chi connectivity index (χ0n) is 12.6. The highest BCUT2D eigenvalue weighted by atomic mass is 35.5. The van der Waals surface area contributed by atoms with Gasteiger partial charge >= 0.3 is 0 Å². The first-order valence-corrected chi connectivity index (χ1v) is 7.63. The van der Waals surface area contributed by atoms with Crippen LogP contribution in [0.2, 0.25) is 5.02 Å². The number of likely N-dealkylation sites (tertiary alicyclic amines) is 1. The number of benzene rings is 1. The van der Waals surface area contributed by atoms with Crippen LogP contribution >= 0.6 is 11.6 Å². The third-order valence-corrected chi connectivity index (χ3v) is 4.63. The van der Waals surface area contributed by atoms with Crippen LogP contribution in [0.15, 0.2) is 18.2 Å². The summed E-state index contributed by atoms with van der Waals surface area (Å²) >= 11 is 6.17. The fourth-order valence-corrected chi connectivity index (χ4v) is 3.40. The monoisotopic (exact) mass is 294 g/mol. The van der Waals surface area contributed by atoms with Gasteiger partial charge < -0.3 is 5.32 Å². The van der Waals surface area contributed by atoms with Gasteiger partial charge in [-0.1, -0.05) is 23.7 Å². The molecular formula is C16H23ClN2O. The van der Waals surface area contributed by atoms with Crippen LogP contribution in [0.1, 0.15) is 39.2 Å². The van der Waals surface area contributed by atoms with Gasteiger partial charge in [0.25, 0.3) is 0 Å². The van der Waals surface area contributed by atoms with E-state index in [-0.39, 0.29) is 11.9 Å². The van der Waals surface area contributed by atoms with Crippen LogP contribution in [-0.4, -0.2) is 28.9 Å². The van der Waals surface area contributed by atoms with Gasteiger partial charge in [-0.2, -0.15) is 0 Å². The van der Waals surface area contributed by atoms with E-state index in [1.165, 1.54) is 0 Å². The number of para-hydroxylation sites is 1. The second-order valence-corrected chi connectivity index (χ2v) is 6.23. The maximum atomic E-state index is 12.5. The molecule has 2 rings (SSSR count). The van der Waals surface area contributed by atoms with Gasteiger partial charge in [0.1, 0.15) is 0 Å². The lowest BCUT2D eigenvalue weighted by molar-refractivity contribution is -0.121. The molecule has 1 aromatic carbocycles. The molecule has 0 aliphatic carbocycles. The summed E-state index contributed by atoms with van der Waals surface area (Å²) in [5, 5.41) is 3.57. The molecule has 1 aliphatic rings. The average molecular weight is 295 g/mol. The quantitative estimate of drug-likeness (QED) is 0.918. The van der Waals surface area contributed by atoms with Crippen LogP contribution in [-0.2, 0) is 4.79 Å². The molecule has 4 heteroatoms. The first-order chi connectivity index (χ1) is 9.41. The Morgan fingerprint density at radius 1 is 1.35 bits per heavy atom. The Labute approximate surface area is 126 Å². The van der Waals surface area contributed by atoms with E-state index in [9.17, 15) is 4.79 Å². The number of carbonyl (C=O) groups is 1. The van der Waals surface area contributed by atoms with Gasteiger partial charge in [0, 0.05) is 12.1 Å². The number of halogens is 1. The van der Waals surface area contributed by atoms with E-state index in [0.29, 0.717) is 17.1 Å². The summed E-state index contributed by atoms with van der Waals surface area (Å²) in [6.45, 7) is 8.30. The minimum absolute atomic E-state index is 0.0156. The topological polar surface area (TPSA) is 32.3 Å². The van der Waals surface area contributed by atoms with Crippen molar-refractivity contribution < 1.29 is 4.79 Å². The maximum Gasteiger partial charge on any atom is 0.241 e. The number of aryl methyl sites for hydroxylation is 1. The van der Waals surface area contributed by atoms with Crippen molar-refractivity contribution in [3.63, 3.8) is 0 Å². The highest BCUT2D eigenvalue weighted by molar-refractivity contribution is 6.34. The molecule has 20 heavy (non-hydrogen) atoms.